The van der Waals surface area contributed by atoms with Gasteiger partial charge in [-0.1, -0.05) is 18.8 Å². The molecule has 5 N–H and O–H groups in total. The van der Waals surface area contributed by atoms with E-state index in [9.17, 15) is 4.79 Å². The fourth-order valence-electron chi connectivity index (χ4n) is 0.726. The van der Waals surface area contributed by atoms with Gasteiger partial charge in [-0.15, -0.1) is 0 Å². The third-order valence-electron chi connectivity index (χ3n) is 1.44. The van der Waals surface area contributed by atoms with Gasteiger partial charge in [-0.05, 0) is 6.42 Å². The predicted octanol–water partition coefficient (Wildman–Crippen LogP) is -0.808. The molecular weight excluding hydrogens is 166 g/mol. The second-order valence-electron chi connectivity index (χ2n) is 2.66. The number of carbonyl (C=O) groups excluding carboxylic acids is 1. The Kier molecular flexibility index (Phi) is 6.98. The highest BCUT2D eigenvalue weighted by atomic mass is 16.2. The van der Waals surface area contributed by atoms with Crippen LogP contribution in [0.15, 0.2) is 0 Å². The molecule has 0 rings (SSSR count). The average Bonchev–Trinajstić information content (AvgIpc) is 2.14. The molecule has 0 aromatic carbocycles. The molecule has 4 nitrogen and oxygen atoms in total. The lowest BCUT2D eigenvalue weighted by Crippen LogP contribution is -2.40. The summed E-state index contributed by atoms with van der Waals surface area (Å²) in [6.45, 7) is 2.96. The lowest BCUT2D eigenvalue weighted by atomic mass is 10.2. The summed E-state index contributed by atoms with van der Waals surface area (Å²) in [5, 5.41) is 2.70. The molecule has 0 radical (unpaired) electrons. The molecule has 1 unspecified atom stereocenters. The molecule has 0 heterocycles. The Balaban J connectivity index is 3.69. The minimum atomic E-state index is -0.536. The third kappa shape index (κ3) is 6.14. The maximum atomic E-state index is 11.2. The highest BCUT2D eigenvalue weighted by Gasteiger charge is 2.09. The van der Waals surface area contributed by atoms with Crippen LogP contribution >= 0.6 is 0 Å². The van der Waals surface area contributed by atoms with Crippen molar-refractivity contribution in [2.24, 2.45) is 11.5 Å². The van der Waals surface area contributed by atoms with E-state index in [0.29, 0.717) is 19.5 Å². The zero-order chi connectivity index (χ0) is 10.1. The fourth-order valence-corrected chi connectivity index (χ4v) is 0.726. The van der Waals surface area contributed by atoms with Crippen LogP contribution in [0, 0.1) is 11.8 Å². The van der Waals surface area contributed by atoms with E-state index in [1.54, 1.807) is 0 Å². The molecule has 0 spiro atoms. The maximum Gasteiger partial charge on any atom is 0.237 e. The van der Waals surface area contributed by atoms with Crippen molar-refractivity contribution >= 4 is 5.91 Å². The highest BCUT2D eigenvalue weighted by molar-refractivity contribution is 5.81. The van der Waals surface area contributed by atoms with E-state index >= 15 is 0 Å². The number of hydrogen-bond acceptors (Lipinski definition) is 3. The summed E-state index contributed by atoms with van der Waals surface area (Å²) in [5.41, 5.74) is 10.7. The first-order chi connectivity index (χ1) is 6.22. The minimum Gasteiger partial charge on any atom is -0.355 e. The third-order valence-corrected chi connectivity index (χ3v) is 1.44. The summed E-state index contributed by atoms with van der Waals surface area (Å²) in [4.78, 5) is 11.2. The zero-order valence-corrected chi connectivity index (χ0v) is 7.97. The first-order valence-corrected chi connectivity index (χ1v) is 4.41. The molecule has 0 saturated carbocycles. The van der Waals surface area contributed by atoms with Gasteiger partial charge in [-0.3, -0.25) is 4.79 Å². The van der Waals surface area contributed by atoms with Gasteiger partial charge in [0, 0.05) is 13.0 Å². The average molecular weight is 183 g/mol. The van der Waals surface area contributed by atoms with Crippen molar-refractivity contribution < 1.29 is 4.79 Å². The van der Waals surface area contributed by atoms with Gasteiger partial charge in [0.1, 0.15) is 0 Å². The van der Waals surface area contributed by atoms with Gasteiger partial charge in [-0.25, -0.2) is 0 Å². The van der Waals surface area contributed by atoms with Crippen LogP contribution in [0.3, 0.4) is 0 Å². The molecule has 0 bridgehead atoms. The Hall–Kier alpha value is -1.05. The molecule has 0 fully saturated rings. The standard InChI is InChI=1S/C9H17N3O/c1-2-7-12-9(13)8(11)5-3-4-6-10/h8H,2,5-7,10-11H2,1H3,(H,12,13). The Labute approximate surface area is 79.0 Å². The van der Waals surface area contributed by atoms with E-state index in [1.807, 2.05) is 6.92 Å². The Bertz CT molecular complexity index is 205. The van der Waals surface area contributed by atoms with Gasteiger partial charge < -0.3 is 16.8 Å². The first-order valence-electron chi connectivity index (χ1n) is 4.41. The molecule has 0 aliphatic heterocycles. The fraction of sp³-hybridized carbons (Fsp3) is 0.667. The van der Waals surface area contributed by atoms with Crippen LogP contribution in [0.2, 0.25) is 0 Å². The van der Waals surface area contributed by atoms with E-state index in [0.717, 1.165) is 6.42 Å². The van der Waals surface area contributed by atoms with E-state index < -0.39 is 6.04 Å². The predicted molar refractivity (Wildman–Crippen MR) is 52.7 cm³/mol. The van der Waals surface area contributed by atoms with E-state index in [-0.39, 0.29) is 5.91 Å². The van der Waals surface area contributed by atoms with Gasteiger partial charge >= 0.3 is 0 Å². The second-order valence-corrected chi connectivity index (χ2v) is 2.66. The second kappa shape index (κ2) is 7.59. The SMILES string of the molecule is CCCNC(=O)C(N)CC#CCN. The molecule has 4 heteroatoms. The molecular formula is C9H17N3O. The number of rotatable bonds is 4. The molecule has 0 saturated heterocycles. The summed E-state index contributed by atoms with van der Waals surface area (Å²) in [7, 11) is 0. The van der Waals surface area contributed by atoms with Crippen LogP contribution in [0.4, 0.5) is 0 Å². The largest absolute Gasteiger partial charge is 0.355 e. The molecule has 0 aliphatic rings. The minimum absolute atomic E-state index is 0.145. The Morgan fingerprint density at radius 1 is 1.54 bits per heavy atom. The maximum absolute atomic E-state index is 11.2. The summed E-state index contributed by atoms with van der Waals surface area (Å²) in [6, 6.07) is -0.536. The van der Waals surface area contributed by atoms with Crippen molar-refractivity contribution in [1.82, 2.24) is 5.32 Å². The number of carbonyl (C=O) groups is 1. The number of hydrogen-bond donors (Lipinski definition) is 3. The van der Waals surface area contributed by atoms with Gasteiger partial charge in [0.05, 0.1) is 12.6 Å². The molecule has 0 aromatic heterocycles. The molecule has 0 aromatic rings. The van der Waals surface area contributed by atoms with E-state index in [1.165, 1.54) is 0 Å². The van der Waals surface area contributed by atoms with Gasteiger partial charge in [0.15, 0.2) is 0 Å². The number of nitrogens with two attached hydrogens (primary N) is 2. The van der Waals surface area contributed by atoms with Crippen LogP contribution in [0.5, 0.6) is 0 Å². The molecule has 0 aliphatic carbocycles. The molecule has 1 amide bonds. The van der Waals surface area contributed by atoms with Crippen molar-refractivity contribution in [1.29, 1.82) is 0 Å². The zero-order valence-electron chi connectivity index (χ0n) is 7.97. The van der Waals surface area contributed by atoms with Crippen molar-refractivity contribution in [2.45, 2.75) is 25.8 Å². The normalized spacial score (nSPS) is 11.3. The Morgan fingerprint density at radius 3 is 2.77 bits per heavy atom. The lowest BCUT2D eigenvalue weighted by molar-refractivity contribution is -0.122. The molecule has 74 valence electrons. The van der Waals surface area contributed by atoms with E-state index in [4.69, 9.17) is 11.5 Å². The summed E-state index contributed by atoms with van der Waals surface area (Å²) >= 11 is 0. The summed E-state index contributed by atoms with van der Waals surface area (Å²) < 4.78 is 0. The van der Waals surface area contributed by atoms with Crippen LogP contribution < -0.4 is 16.8 Å². The van der Waals surface area contributed by atoms with Gasteiger partial charge in [-0.2, -0.15) is 0 Å². The summed E-state index contributed by atoms with van der Waals surface area (Å²) in [5.74, 6) is 5.24. The number of amides is 1. The van der Waals surface area contributed by atoms with Crippen LogP contribution in [-0.4, -0.2) is 25.0 Å². The topological polar surface area (TPSA) is 81.1 Å². The van der Waals surface area contributed by atoms with Gasteiger partial charge in [0.25, 0.3) is 0 Å². The quantitative estimate of drug-likeness (QED) is 0.499. The van der Waals surface area contributed by atoms with Crippen LogP contribution in [-0.2, 0) is 4.79 Å². The van der Waals surface area contributed by atoms with Crippen molar-refractivity contribution in [2.75, 3.05) is 13.1 Å². The first kappa shape index (κ1) is 11.9. The lowest BCUT2D eigenvalue weighted by Gasteiger charge is -2.07. The summed E-state index contributed by atoms with van der Waals surface area (Å²) in [6.07, 6.45) is 1.28. The van der Waals surface area contributed by atoms with Crippen molar-refractivity contribution in [3.8, 4) is 11.8 Å². The smallest absolute Gasteiger partial charge is 0.237 e. The molecule has 1 atom stereocenters. The van der Waals surface area contributed by atoms with Crippen LogP contribution in [0.1, 0.15) is 19.8 Å². The van der Waals surface area contributed by atoms with Gasteiger partial charge in [0.2, 0.25) is 5.91 Å². The highest BCUT2D eigenvalue weighted by Crippen LogP contribution is 1.86. The molecule has 13 heavy (non-hydrogen) atoms. The van der Waals surface area contributed by atoms with Crippen LogP contribution in [0.25, 0.3) is 0 Å². The van der Waals surface area contributed by atoms with Crippen molar-refractivity contribution in [3.05, 3.63) is 0 Å². The number of nitrogens with one attached hydrogen (secondary N) is 1. The van der Waals surface area contributed by atoms with Crippen molar-refractivity contribution in [3.63, 3.8) is 0 Å². The monoisotopic (exact) mass is 183 g/mol. The van der Waals surface area contributed by atoms with E-state index in [2.05, 4.69) is 17.2 Å². The Morgan fingerprint density at radius 2 is 2.23 bits per heavy atom.